The van der Waals surface area contributed by atoms with Gasteiger partial charge >= 0.3 is 0 Å². The van der Waals surface area contributed by atoms with E-state index >= 15 is 0 Å². The summed E-state index contributed by atoms with van der Waals surface area (Å²) >= 11 is 0. The third-order valence-electron chi connectivity index (χ3n) is 6.40. The van der Waals surface area contributed by atoms with E-state index in [9.17, 15) is 13.2 Å². The molecule has 0 radical (unpaired) electrons. The van der Waals surface area contributed by atoms with E-state index in [1.54, 1.807) is 19.3 Å². The van der Waals surface area contributed by atoms with Crippen LogP contribution in [0.4, 0.5) is 30.9 Å². The van der Waals surface area contributed by atoms with Crippen LogP contribution in [0.5, 0.6) is 0 Å². The normalized spacial score (nSPS) is 28.3. The van der Waals surface area contributed by atoms with Crippen molar-refractivity contribution >= 4 is 17.7 Å². The van der Waals surface area contributed by atoms with Crippen molar-refractivity contribution in [1.82, 2.24) is 24.8 Å². The van der Waals surface area contributed by atoms with Crippen molar-refractivity contribution in [2.24, 2.45) is 0 Å². The Labute approximate surface area is 178 Å². The highest BCUT2D eigenvalue weighted by Crippen LogP contribution is 2.37. The zero-order valence-corrected chi connectivity index (χ0v) is 17.3. The van der Waals surface area contributed by atoms with Gasteiger partial charge in [-0.1, -0.05) is 0 Å². The van der Waals surface area contributed by atoms with E-state index in [0.29, 0.717) is 49.1 Å². The maximum Gasteiger partial charge on any atom is 0.251 e. The molecule has 8 nitrogen and oxygen atoms in total. The van der Waals surface area contributed by atoms with E-state index in [1.165, 1.54) is 0 Å². The predicted octanol–water partition coefficient (Wildman–Crippen LogP) is 1.98. The molecule has 0 unspecified atom stereocenters. The third kappa shape index (κ3) is 3.98. The molecule has 2 N–H and O–H groups in total. The van der Waals surface area contributed by atoms with Crippen LogP contribution in [-0.2, 0) is 0 Å². The summed E-state index contributed by atoms with van der Waals surface area (Å²) in [6.07, 6.45) is 2.11. The number of fused-ring (bicyclic) bond motifs is 2. The van der Waals surface area contributed by atoms with E-state index in [2.05, 4.69) is 19.9 Å². The lowest BCUT2D eigenvalue weighted by Crippen LogP contribution is -2.48. The molecule has 0 amide bonds. The predicted molar refractivity (Wildman–Crippen MR) is 111 cm³/mol. The molecule has 166 valence electrons. The number of hydrogen-bond acceptors (Lipinski definition) is 8. The molecule has 31 heavy (non-hydrogen) atoms. The molecule has 0 saturated carbocycles. The topological polar surface area (TPSA) is 87.3 Å². The number of nitrogens with two attached hydrogens (primary N) is 1. The lowest BCUT2D eigenvalue weighted by Gasteiger charge is -2.35. The Morgan fingerprint density at radius 1 is 1.19 bits per heavy atom. The van der Waals surface area contributed by atoms with E-state index in [1.807, 2.05) is 15.9 Å². The van der Waals surface area contributed by atoms with Crippen molar-refractivity contribution in [3.63, 3.8) is 0 Å². The highest BCUT2D eigenvalue weighted by Gasteiger charge is 2.45. The van der Waals surface area contributed by atoms with Crippen LogP contribution < -0.4 is 15.5 Å². The second-order valence-electron chi connectivity index (χ2n) is 8.87. The number of rotatable bonds is 5. The summed E-state index contributed by atoms with van der Waals surface area (Å²) < 4.78 is 40.2. The standard InChI is InChI=1S/C20H25F3N8/c1-20(23)2-3-29(11-20)19-27-15(12-6-25-18(24)26-7-12)5-17(28-19)31-9-13-4-14(31)8-30(13)10-16(21)22/h5-7,13-14,16H,2-4,8-11H2,1H3,(H2,24,25,26)/t13-,14-,20-/m0/s1. The largest absolute Gasteiger partial charge is 0.368 e. The number of aromatic nitrogens is 4. The number of nitrogen functional groups attached to an aromatic ring is 1. The first-order chi connectivity index (χ1) is 14.8. The van der Waals surface area contributed by atoms with Crippen molar-refractivity contribution < 1.29 is 13.2 Å². The van der Waals surface area contributed by atoms with Gasteiger partial charge in [0.2, 0.25) is 11.9 Å². The molecule has 3 fully saturated rings. The van der Waals surface area contributed by atoms with Crippen molar-refractivity contribution in [3.8, 4) is 11.3 Å². The molecule has 3 aliphatic rings. The minimum Gasteiger partial charge on any atom is -0.368 e. The summed E-state index contributed by atoms with van der Waals surface area (Å²) in [6.45, 7) is 3.36. The van der Waals surface area contributed by atoms with E-state index in [-0.39, 0.29) is 31.1 Å². The number of likely N-dealkylation sites (tertiary alicyclic amines) is 1. The van der Waals surface area contributed by atoms with Gasteiger partial charge in [-0.3, -0.25) is 4.90 Å². The zero-order valence-electron chi connectivity index (χ0n) is 17.3. The first-order valence-electron chi connectivity index (χ1n) is 10.5. The lowest BCUT2D eigenvalue weighted by molar-refractivity contribution is 0.0790. The Balaban J connectivity index is 1.47. The van der Waals surface area contributed by atoms with Crippen molar-refractivity contribution in [2.75, 3.05) is 48.3 Å². The fourth-order valence-corrected chi connectivity index (χ4v) is 4.85. The average Bonchev–Trinajstić information content (AvgIpc) is 3.41. The highest BCUT2D eigenvalue weighted by atomic mass is 19.3. The number of piperazine rings is 1. The van der Waals surface area contributed by atoms with Crippen LogP contribution in [0.2, 0.25) is 0 Å². The minimum absolute atomic E-state index is 0.0849. The van der Waals surface area contributed by atoms with Gasteiger partial charge < -0.3 is 15.5 Å². The maximum atomic E-state index is 14.5. The Morgan fingerprint density at radius 3 is 2.58 bits per heavy atom. The molecule has 3 aliphatic heterocycles. The van der Waals surface area contributed by atoms with Gasteiger partial charge in [0.05, 0.1) is 18.8 Å². The number of halogens is 3. The van der Waals surface area contributed by atoms with Gasteiger partial charge in [-0.05, 0) is 13.3 Å². The SMILES string of the molecule is C[C@]1(F)CCN(c2nc(-c3cnc(N)nc3)cc(N3C[C@@H]4C[C@H]3CN4CC(F)F)n2)C1. The monoisotopic (exact) mass is 434 g/mol. The fourth-order valence-electron chi connectivity index (χ4n) is 4.85. The van der Waals surface area contributed by atoms with Gasteiger partial charge in [0.1, 0.15) is 11.5 Å². The van der Waals surface area contributed by atoms with E-state index in [4.69, 9.17) is 10.7 Å². The maximum absolute atomic E-state index is 14.5. The molecular weight excluding hydrogens is 409 g/mol. The Bertz CT molecular complexity index is 954. The second-order valence-corrected chi connectivity index (χ2v) is 8.87. The highest BCUT2D eigenvalue weighted by molar-refractivity contribution is 5.65. The smallest absolute Gasteiger partial charge is 0.251 e. The molecule has 5 rings (SSSR count). The molecule has 0 spiro atoms. The summed E-state index contributed by atoms with van der Waals surface area (Å²) in [5.41, 5.74) is 5.64. The van der Waals surface area contributed by atoms with Gasteiger partial charge in [0.15, 0.2) is 0 Å². The van der Waals surface area contributed by atoms with Crippen LogP contribution in [0, 0.1) is 0 Å². The molecule has 0 aliphatic carbocycles. The number of alkyl halides is 3. The Hall–Kier alpha value is -2.69. The van der Waals surface area contributed by atoms with Crippen LogP contribution in [0.15, 0.2) is 18.5 Å². The van der Waals surface area contributed by atoms with Crippen molar-refractivity contribution in [2.45, 2.75) is 43.9 Å². The molecule has 2 aromatic heterocycles. The summed E-state index contributed by atoms with van der Waals surface area (Å²) in [6, 6.07) is 2.06. The van der Waals surface area contributed by atoms with Crippen LogP contribution in [0.1, 0.15) is 19.8 Å². The first kappa shape index (κ1) is 20.2. The van der Waals surface area contributed by atoms with Gasteiger partial charge in [0, 0.05) is 62.2 Å². The van der Waals surface area contributed by atoms with E-state index in [0.717, 1.165) is 6.42 Å². The minimum atomic E-state index is -2.33. The quantitative estimate of drug-likeness (QED) is 0.765. The zero-order chi connectivity index (χ0) is 21.8. The third-order valence-corrected chi connectivity index (χ3v) is 6.40. The summed E-state index contributed by atoms with van der Waals surface area (Å²) in [4.78, 5) is 23.4. The Morgan fingerprint density at radius 2 is 1.97 bits per heavy atom. The van der Waals surface area contributed by atoms with Gasteiger partial charge in [-0.2, -0.15) is 4.98 Å². The fraction of sp³-hybridized carbons (Fsp3) is 0.600. The molecule has 0 aromatic carbocycles. The summed E-state index contributed by atoms with van der Waals surface area (Å²) in [5, 5.41) is 0. The van der Waals surface area contributed by atoms with Crippen LogP contribution in [-0.4, -0.2) is 81.7 Å². The second kappa shape index (κ2) is 7.47. The van der Waals surface area contributed by atoms with Crippen LogP contribution in [0.25, 0.3) is 11.3 Å². The summed E-state index contributed by atoms with van der Waals surface area (Å²) in [5.74, 6) is 1.34. The molecule has 11 heteroatoms. The summed E-state index contributed by atoms with van der Waals surface area (Å²) in [7, 11) is 0. The van der Waals surface area contributed by atoms with Crippen LogP contribution >= 0.6 is 0 Å². The van der Waals surface area contributed by atoms with Gasteiger partial charge in [0.25, 0.3) is 6.43 Å². The average molecular weight is 434 g/mol. The molecule has 3 saturated heterocycles. The van der Waals surface area contributed by atoms with Gasteiger partial charge in [-0.15, -0.1) is 0 Å². The Kier molecular flexibility index (Phi) is 4.87. The number of anilines is 3. The molecule has 2 aromatic rings. The molecule has 3 atom stereocenters. The van der Waals surface area contributed by atoms with Crippen LogP contribution in [0.3, 0.4) is 0 Å². The van der Waals surface area contributed by atoms with E-state index < -0.39 is 12.1 Å². The van der Waals surface area contributed by atoms with Crippen molar-refractivity contribution in [1.29, 1.82) is 0 Å². The molecule has 2 bridgehead atoms. The first-order valence-corrected chi connectivity index (χ1v) is 10.5. The van der Waals surface area contributed by atoms with Gasteiger partial charge in [-0.25, -0.2) is 28.1 Å². The molecular formula is C20H25F3N8. The lowest BCUT2D eigenvalue weighted by atomic mass is 10.1. The van der Waals surface area contributed by atoms with Crippen molar-refractivity contribution in [3.05, 3.63) is 18.5 Å². The molecule has 5 heterocycles. The number of hydrogen-bond donors (Lipinski definition) is 1. The number of nitrogens with zero attached hydrogens (tertiary/aromatic N) is 7.